The molecule has 1 aromatic carbocycles. The van der Waals surface area contributed by atoms with E-state index in [9.17, 15) is 4.79 Å². The summed E-state index contributed by atoms with van der Waals surface area (Å²) < 4.78 is 15.6. The minimum atomic E-state index is -0.378. The lowest BCUT2D eigenvalue weighted by atomic mass is 9.82. The summed E-state index contributed by atoms with van der Waals surface area (Å²) in [7, 11) is 3.04. The molecule has 0 saturated heterocycles. The van der Waals surface area contributed by atoms with Gasteiger partial charge in [0.25, 0.3) is 0 Å². The monoisotopic (exact) mass is 361 g/mol. The standard InChI is InChI=1S/C22H19NO4/c1-25-19-9-8-14-10-17(7-6-15(14)12-19)21-13-20(23-27-21)16-4-3-5-18(11-16)22(24)26-2/h3-15H,1-2H3. The van der Waals surface area contributed by atoms with E-state index in [4.69, 9.17) is 14.0 Å². The van der Waals surface area contributed by atoms with Gasteiger partial charge in [-0.1, -0.05) is 41.6 Å². The fourth-order valence-electron chi connectivity index (χ4n) is 3.29. The van der Waals surface area contributed by atoms with Crippen LogP contribution < -0.4 is 0 Å². The molecule has 1 aromatic heterocycles. The Kier molecular flexibility index (Phi) is 4.50. The third kappa shape index (κ3) is 3.36. The Morgan fingerprint density at radius 2 is 1.89 bits per heavy atom. The van der Waals surface area contributed by atoms with Crippen molar-refractivity contribution in [3.8, 4) is 11.3 Å². The highest BCUT2D eigenvalue weighted by Crippen LogP contribution is 2.34. The van der Waals surface area contributed by atoms with Crippen molar-refractivity contribution in [2.24, 2.45) is 11.8 Å². The molecule has 2 aromatic rings. The van der Waals surface area contributed by atoms with E-state index in [1.807, 2.05) is 24.3 Å². The van der Waals surface area contributed by atoms with Gasteiger partial charge in [0.2, 0.25) is 0 Å². The Hall–Kier alpha value is -3.34. The highest BCUT2D eigenvalue weighted by molar-refractivity contribution is 5.90. The van der Waals surface area contributed by atoms with Crippen LogP contribution in [0.4, 0.5) is 0 Å². The maximum Gasteiger partial charge on any atom is 0.337 e. The molecule has 0 N–H and O–H groups in total. The number of methoxy groups -OCH3 is 2. The average Bonchev–Trinajstić information content (AvgIpc) is 3.22. The molecule has 5 nitrogen and oxygen atoms in total. The topological polar surface area (TPSA) is 61.6 Å². The summed E-state index contributed by atoms with van der Waals surface area (Å²) in [6.07, 6.45) is 12.6. The Labute approximate surface area is 157 Å². The first-order valence-corrected chi connectivity index (χ1v) is 8.68. The quantitative estimate of drug-likeness (QED) is 0.755. The molecule has 2 unspecified atom stereocenters. The third-order valence-corrected chi connectivity index (χ3v) is 4.76. The minimum Gasteiger partial charge on any atom is -0.497 e. The first-order valence-electron chi connectivity index (χ1n) is 8.68. The molecule has 0 fully saturated rings. The second-order valence-electron chi connectivity index (χ2n) is 6.42. The second-order valence-corrected chi connectivity index (χ2v) is 6.42. The molecule has 2 aliphatic carbocycles. The number of esters is 1. The summed E-state index contributed by atoms with van der Waals surface area (Å²) in [6.45, 7) is 0. The van der Waals surface area contributed by atoms with Crippen LogP contribution in [0.15, 0.2) is 77.1 Å². The lowest BCUT2D eigenvalue weighted by molar-refractivity contribution is 0.0601. The molecular weight excluding hydrogens is 342 g/mol. The Morgan fingerprint density at radius 1 is 1.07 bits per heavy atom. The number of hydrogen-bond donors (Lipinski definition) is 0. The van der Waals surface area contributed by atoms with E-state index < -0.39 is 0 Å². The maximum atomic E-state index is 11.7. The summed E-state index contributed by atoms with van der Waals surface area (Å²) >= 11 is 0. The highest BCUT2D eigenvalue weighted by atomic mass is 16.5. The van der Waals surface area contributed by atoms with E-state index in [0.717, 1.165) is 16.9 Å². The molecule has 0 spiro atoms. The third-order valence-electron chi connectivity index (χ3n) is 4.76. The molecule has 27 heavy (non-hydrogen) atoms. The summed E-state index contributed by atoms with van der Waals surface area (Å²) in [6, 6.07) is 9.02. The van der Waals surface area contributed by atoms with Crippen molar-refractivity contribution in [1.29, 1.82) is 0 Å². The SMILES string of the molecule is COC(=O)c1cccc(-c2cc(C3=CC4C=CC(OC)=CC4C=C3)on2)c1. The summed E-state index contributed by atoms with van der Waals surface area (Å²) in [5.41, 5.74) is 2.94. The zero-order valence-electron chi connectivity index (χ0n) is 15.1. The molecule has 0 saturated carbocycles. The van der Waals surface area contributed by atoms with Crippen molar-refractivity contribution in [3.05, 3.63) is 83.9 Å². The summed E-state index contributed by atoms with van der Waals surface area (Å²) in [5.74, 6) is 1.74. The zero-order valence-corrected chi connectivity index (χ0v) is 15.1. The predicted molar refractivity (Wildman–Crippen MR) is 102 cm³/mol. The van der Waals surface area contributed by atoms with E-state index in [0.29, 0.717) is 17.0 Å². The molecule has 2 atom stereocenters. The van der Waals surface area contributed by atoms with E-state index >= 15 is 0 Å². The summed E-state index contributed by atoms with van der Waals surface area (Å²) in [4.78, 5) is 11.7. The molecule has 2 aliphatic rings. The fourth-order valence-corrected chi connectivity index (χ4v) is 3.29. The van der Waals surface area contributed by atoms with Gasteiger partial charge >= 0.3 is 5.97 Å². The van der Waals surface area contributed by atoms with Gasteiger partial charge in [-0.15, -0.1) is 0 Å². The smallest absolute Gasteiger partial charge is 0.337 e. The fraction of sp³-hybridized carbons (Fsp3) is 0.182. The molecular formula is C22H19NO4. The number of aromatic nitrogens is 1. The van der Waals surface area contributed by atoms with Crippen molar-refractivity contribution in [2.75, 3.05) is 14.2 Å². The van der Waals surface area contributed by atoms with E-state index in [2.05, 4.69) is 29.5 Å². The highest BCUT2D eigenvalue weighted by Gasteiger charge is 2.22. The van der Waals surface area contributed by atoms with Gasteiger partial charge in [-0.05, 0) is 24.3 Å². The van der Waals surface area contributed by atoms with Gasteiger partial charge in [-0.3, -0.25) is 0 Å². The number of carbonyl (C=O) groups excluding carboxylic acids is 1. The number of nitrogens with zero attached hydrogens (tertiary/aromatic N) is 1. The van der Waals surface area contributed by atoms with Crippen LogP contribution in [-0.2, 0) is 9.47 Å². The van der Waals surface area contributed by atoms with Gasteiger partial charge in [-0.2, -0.15) is 0 Å². The molecule has 0 amide bonds. The van der Waals surface area contributed by atoms with Gasteiger partial charge in [0.15, 0.2) is 5.76 Å². The Morgan fingerprint density at radius 3 is 2.70 bits per heavy atom. The lowest BCUT2D eigenvalue weighted by Gasteiger charge is -2.24. The van der Waals surface area contributed by atoms with Crippen molar-refractivity contribution < 1.29 is 18.8 Å². The molecule has 5 heteroatoms. The minimum absolute atomic E-state index is 0.264. The van der Waals surface area contributed by atoms with Gasteiger partial charge in [0.05, 0.1) is 19.8 Å². The van der Waals surface area contributed by atoms with Crippen LogP contribution in [0, 0.1) is 11.8 Å². The average molecular weight is 361 g/mol. The van der Waals surface area contributed by atoms with Crippen molar-refractivity contribution in [3.63, 3.8) is 0 Å². The van der Waals surface area contributed by atoms with Crippen LogP contribution in [-0.4, -0.2) is 25.3 Å². The first kappa shape index (κ1) is 17.1. The number of rotatable bonds is 4. The van der Waals surface area contributed by atoms with Crippen LogP contribution >= 0.6 is 0 Å². The number of allylic oxidation sites excluding steroid dienone is 7. The molecule has 4 rings (SSSR count). The van der Waals surface area contributed by atoms with Crippen LogP contribution in [0.3, 0.4) is 0 Å². The van der Waals surface area contributed by atoms with Crippen LogP contribution in [0.1, 0.15) is 16.1 Å². The molecule has 136 valence electrons. The number of benzene rings is 1. The van der Waals surface area contributed by atoms with Gasteiger partial charge in [-0.25, -0.2) is 4.79 Å². The summed E-state index contributed by atoms with van der Waals surface area (Å²) in [5, 5.41) is 4.17. The molecule has 0 bridgehead atoms. The van der Waals surface area contributed by atoms with Gasteiger partial charge in [0.1, 0.15) is 11.5 Å². The Bertz CT molecular complexity index is 993. The van der Waals surface area contributed by atoms with Crippen molar-refractivity contribution in [1.82, 2.24) is 5.16 Å². The number of hydrogen-bond acceptors (Lipinski definition) is 5. The molecule has 1 heterocycles. The molecule has 0 radical (unpaired) electrons. The largest absolute Gasteiger partial charge is 0.497 e. The lowest BCUT2D eigenvalue weighted by Crippen LogP contribution is -2.13. The van der Waals surface area contributed by atoms with E-state index in [1.54, 1.807) is 25.3 Å². The van der Waals surface area contributed by atoms with Crippen molar-refractivity contribution >= 4 is 11.5 Å². The number of ether oxygens (including phenoxy) is 2. The predicted octanol–water partition coefficient (Wildman–Crippen LogP) is 4.41. The molecule has 0 aliphatic heterocycles. The Balaban J connectivity index is 1.58. The second kappa shape index (κ2) is 7.11. The number of fused-ring (bicyclic) bond motifs is 1. The van der Waals surface area contributed by atoms with Crippen LogP contribution in [0.5, 0.6) is 0 Å². The normalized spacial score (nSPS) is 20.5. The first-order chi connectivity index (χ1) is 13.2. The number of carbonyl (C=O) groups is 1. The zero-order chi connectivity index (χ0) is 18.8. The van der Waals surface area contributed by atoms with E-state index in [-0.39, 0.29) is 17.8 Å². The van der Waals surface area contributed by atoms with Crippen molar-refractivity contribution in [2.45, 2.75) is 0 Å². The van der Waals surface area contributed by atoms with Gasteiger partial charge < -0.3 is 14.0 Å². The van der Waals surface area contributed by atoms with E-state index in [1.165, 1.54) is 7.11 Å². The van der Waals surface area contributed by atoms with Crippen LogP contribution in [0.25, 0.3) is 16.8 Å². The maximum absolute atomic E-state index is 11.7. The van der Waals surface area contributed by atoms with Gasteiger partial charge in [0, 0.05) is 29.0 Å². The van der Waals surface area contributed by atoms with Crippen LogP contribution in [0.2, 0.25) is 0 Å².